The van der Waals surface area contributed by atoms with Crippen LogP contribution in [0.1, 0.15) is 41.3 Å². The average Bonchev–Trinajstić information content (AvgIpc) is 2.96. The number of phenols is 1. The van der Waals surface area contributed by atoms with Crippen LogP contribution in [0.15, 0.2) is 127 Å². The topological polar surface area (TPSA) is 44.3 Å². The van der Waals surface area contributed by atoms with E-state index in [0.717, 1.165) is 22.9 Å². The van der Waals surface area contributed by atoms with Crippen molar-refractivity contribution in [1.82, 2.24) is 10.6 Å². The van der Waals surface area contributed by atoms with Gasteiger partial charge in [-0.3, -0.25) is 0 Å². The van der Waals surface area contributed by atoms with Gasteiger partial charge in [0, 0.05) is 30.7 Å². The van der Waals surface area contributed by atoms with E-state index in [4.69, 9.17) is 0 Å². The molecule has 0 radical (unpaired) electrons. The molecule has 3 N–H and O–H groups in total. The van der Waals surface area contributed by atoms with Crippen molar-refractivity contribution in [3.63, 3.8) is 0 Å². The lowest BCUT2D eigenvalue weighted by molar-refractivity contribution is 0.286. The largest absolute Gasteiger partial charge is 0.508 e. The van der Waals surface area contributed by atoms with Crippen molar-refractivity contribution in [2.45, 2.75) is 32.1 Å². The first-order valence-electron chi connectivity index (χ1n) is 13.0. The Hall–Kier alpha value is -3.92. The third-order valence-corrected chi connectivity index (χ3v) is 7.21. The molecule has 37 heavy (non-hydrogen) atoms. The van der Waals surface area contributed by atoms with Gasteiger partial charge < -0.3 is 15.7 Å². The van der Waals surface area contributed by atoms with Gasteiger partial charge in [0.25, 0.3) is 0 Å². The second-order valence-corrected chi connectivity index (χ2v) is 9.68. The van der Waals surface area contributed by atoms with Gasteiger partial charge >= 0.3 is 0 Å². The smallest absolute Gasteiger partial charge is 0.121 e. The third kappa shape index (κ3) is 5.91. The molecule has 0 unspecified atom stereocenters. The molecule has 5 aromatic rings. The SMILES string of the molecule is C[C@@H]([C@@H](NCc1ccccc1)c1ccccc1)[C@@H](NCc1ccccc1)c1c(O)ccc2ccccc12. The van der Waals surface area contributed by atoms with E-state index in [1.807, 2.05) is 36.4 Å². The van der Waals surface area contributed by atoms with Crippen LogP contribution in [0.2, 0.25) is 0 Å². The molecule has 3 heteroatoms. The molecule has 0 heterocycles. The zero-order valence-corrected chi connectivity index (χ0v) is 21.2. The molecule has 3 nitrogen and oxygen atoms in total. The fourth-order valence-corrected chi connectivity index (χ4v) is 5.27. The van der Waals surface area contributed by atoms with E-state index in [-0.39, 0.29) is 18.0 Å². The Morgan fingerprint density at radius 2 is 1.08 bits per heavy atom. The van der Waals surface area contributed by atoms with Crippen molar-refractivity contribution in [3.8, 4) is 5.75 Å². The van der Waals surface area contributed by atoms with E-state index in [1.165, 1.54) is 16.7 Å². The van der Waals surface area contributed by atoms with E-state index in [9.17, 15) is 5.11 Å². The van der Waals surface area contributed by atoms with Crippen LogP contribution >= 0.6 is 0 Å². The molecule has 186 valence electrons. The van der Waals surface area contributed by atoms with Crippen LogP contribution in [-0.4, -0.2) is 5.11 Å². The Labute approximate surface area is 219 Å². The Morgan fingerprint density at radius 1 is 0.568 bits per heavy atom. The van der Waals surface area contributed by atoms with Gasteiger partial charge in [-0.25, -0.2) is 0 Å². The van der Waals surface area contributed by atoms with E-state index in [1.54, 1.807) is 0 Å². The number of nitrogens with one attached hydrogen (secondary N) is 2. The number of hydrogen-bond acceptors (Lipinski definition) is 3. The van der Waals surface area contributed by atoms with E-state index >= 15 is 0 Å². The molecule has 0 spiro atoms. The fraction of sp³-hybridized carbons (Fsp3) is 0.176. The first-order chi connectivity index (χ1) is 18.2. The van der Waals surface area contributed by atoms with Gasteiger partial charge in [-0.1, -0.05) is 128 Å². The van der Waals surface area contributed by atoms with Gasteiger partial charge in [0.15, 0.2) is 0 Å². The number of benzene rings is 5. The second-order valence-electron chi connectivity index (χ2n) is 9.68. The minimum Gasteiger partial charge on any atom is -0.508 e. The Kier molecular flexibility index (Phi) is 7.95. The molecular weight excluding hydrogens is 452 g/mol. The third-order valence-electron chi connectivity index (χ3n) is 7.21. The molecule has 0 aromatic heterocycles. The Bertz CT molecular complexity index is 1400. The van der Waals surface area contributed by atoms with Crippen LogP contribution in [0.5, 0.6) is 5.75 Å². The van der Waals surface area contributed by atoms with Crippen LogP contribution in [0.3, 0.4) is 0 Å². The van der Waals surface area contributed by atoms with Crippen molar-refractivity contribution in [1.29, 1.82) is 0 Å². The minimum absolute atomic E-state index is 0.0630. The van der Waals surface area contributed by atoms with Gasteiger partial charge in [-0.05, 0) is 39.4 Å². The highest BCUT2D eigenvalue weighted by Crippen LogP contribution is 2.40. The normalized spacial score (nSPS) is 13.8. The van der Waals surface area contributed by atoms with E-state index < -0.39 is 0 Å². The lowest BCUT2D eigenvalue weighted by Crippen LogP contribution is -2.36. The maximum Gasteiger partial charge on any atom is 0.121 e. The Balaban J connectivity index is 1.55. The van der Waals surface area contributed by atoms with Crippen LogP contribution in [0.4, 0.5) is 0 Å². The molecule has 5 aromatic carbocycles. The molecule has 0 saturated carbocycles. The highest BCUT2D eigenvalue weighted by Gasteiger charge is 2.30. The second kappa shape index (κ2) is 11.9. The first kappa shape index (κ1) is 24.8. The average molecular weight is 487 g/mol. The summed E-state index contributed by atoms with van der Waals surface area (Å²) in [5, 5.41) is 21.1. The molecule has 0 aliphatic carbocycles. The predicted molar refractivity (Wildman–Crippen MR) is 153 cm³/mol. The first-order valence-corrected chi connectivity index (χ1v) is 13.0. The van der Waals surface area contributed by atoms with E-state index in [0.29, 0.717) is 12.3 Å². The molecule has 0 bridgehead atoms. The van der Waals surface area contributed by atoms with Crippen LogP contribution < -0.4 is 10.6 Å². The monoisotopic (exact) mass is 486 g/mol. The highest BCUT2D eigenvalue weighted by molar-refractivity contribution is 5.88. The summed E-state index contributed by atoms with van der Waals surface area (Å²) in [6.45, 7) is 3.75. The number of hydrogen-bond donors (Lipinski definition) is 3. The highest BCUT2D eigenvalue weighted by atomic mass is 16.3. The van der Waals surface area contributed by atoms with Crippen molar-refractivity contribution >= 4 is 10.8 Å². The lowest BCUT2D eigenvalue weighted by atomic mass is 9.82. The zero-order valence-electron chi connectivity index (χ0n) is 21.2. The minimum atomic E-state index is -0.0974. The summed E-state index contributed by atoms with van der Waals surface area (Å²) < 4.78 is 0. The molecule has 0 fully saturated rings. The summed E-state index contributed by atoms with van der Waals surface area (Å²) in [6.07, 6.45) is 0. The van der Waals surface area contributed by atoms with Crippen molar-refractivity contribution in [2.24, 2.45) is 5.92 Å². The fourth-order valence-electron chi connectivity index (χ4n) is 5.27. The maximum absolute atomic E-state index is 11.2. The quantitative estimate of drug-likeness (QED) is 0.191. The van der Waals surface area contributed by atoms with Gasteiger partial charge in [0.05, 0.1) is 0 Å². The van der Waals surface area contributed by atoms with Crippen LogP contribution in [0.25, 0.3) is 10.8 Å². The summed E-state index contributed by atoms with van der Waals surface area (Å²) in [7, 11) is 0. The lowest BCUT2D eigenvalue weighted by Gasteiger charge is -2.34. The molecule has 0 aliphatic rings. The van der Waals surface area contributed by atoms with Gasteiger partial charge in [0.2, 0.25) is 0 Å². The summed E-state index contributed by atoms with van der Waals surface area (Å²) >= 11 is 0. The number of rotatable bonds is 10. The van der Waals surface area contributed by atoms with Gasteiger partial charge in [-0.2, -0.15) is 0 Å². The Morgan fingerprint density at radius 3 is 1.70 bits per heavy atom. The summed E-state index contributed by atoms with van der Waals surface area (Å²) in [4.78, 5) is 0. The molecule has 0 saturated heterocycles. The number of phenolic OH excluding ortho intramolecular Hbond substituents is 1. The number of aromatic hydroxyl groups is 1. The molecule has 3 atom stereocenters. The van der Waals surface area contributed by atoms with Crippen LogP contribution in [-0.2, 0) is 13.1 Å². The summed E-state index contributed by atoms with van der Waals surface area (Å²) in [5.41, 5.74) is 4.64. The predicted octanol–water partition coefficient (Wildman–Crippen LogP) is 7.54. The summed E-state index contributed by atoms with van der Waals surface area (Å²) in [6, 6.07) is 43.7. The van der Waals surface area contributed by atoms with E-state index in [2.05, 4.69) is 109 Å². The van der Waals surface area contributed by atoms with Crippen molar-refractivity contribution in [2.75, 3.05) is 0 Å². The molecule has 0 amide bonds. The van der Waals surface area contributed by atoms with Gasteiger partial charge in [0.1, 0.15) is 5.75 Å². The molecule has 5 rings (SSSR count). The zero-order chi connectivity index (χ0) is 25.5. The molecular formula is C34H34N2O. The van der Waals surface area contributed by atoms with Crippen LogP contribution in [0, 0.1) is 5.92 Å². The van der Waals surface area contributed by atoms with Gasteiger partial charge in [-0.15, -0.1) is 0 Å². The summed E-state index contributed by atoms with van der Waals surface area (Å²) in [5.74, 6) is 0.442. The number of fused-ring (bicyclic) bond motifs is 1. The standard InChI is InChI=1S/C34H34N2O/c1-25(33(29-18-9-4-10-19-29)35-23-26-13-5-2-6-14-26)34(36-24-27-15-7-3-8-16-27)32-30-20-12-11-17-28(30)21-22-31(32)37/h2-22,25,33-37H,23-24H2,1H3/t25-,33+,34+/m0/s1. The van der Waals surface area contributed by atoms with Crippen molar-refractivity contribution in [3.05, 3.63) is 150 Å². The van der Waals surface area contributed by atoms with Crippen molar-refractivity contribution < 1.29 is 5.11 Å². The maximum atomic E-state index is 11.2. The molecule has 0 aliphatic heterocycles.